The highest BCUT2D eigenvalue weighted by molar-refractivity contribution is 9.10. The topological polar surface area (TPSA) is 46.2 Å². The molecule has 0 amide bonds. The molecule has 0 aromatic heterocycles. The first-order valence-corrected chi connectivity index (χ1v) is 18.1. The zero-order chi connectivity index (χ0) is 32.0. The number of unbranched alkanes of at least 4 members (excludes halogenated alkanes) is 8. The summed E-state index contributed by atoms with van der Waals surface area (Å²) in [5.74, 6) is 3.98. The van der Waals surface area contributed by atoms with Crippen molar-refractivity contribution >= 4 is 48.2 Å². The lowest BCUT2D eigenvalue weighted by atomic mass is 9.93. The minimum absolute atomic E-state index is 0.665. The molecule has 0 bridgehead atoms. The summed E-state index contributed by atoms with van der Waals surface area (Å²) < 4.78 is 32.4. The summed E-state index contributed by atoms with van der Waals surface area (Å²) in [6.07, 6.45) is 13.2. The van der Waals surface area contributed by atoms with Gasteiger partial charge >= 0.3 is 0 Å². The molecule has 45 heavy (non-hydrogen) atoms. The third-order valence-electron chi connectivity index (χ3n) is 8.35. The Morgan fingerprint density at radius 2 is 0.667 bits per heavy atom. The van der Waals surface area contributed by atoms with Crippen LogP contribution in [0, 0.1) is 0 Å². The summed E-state index contributed by atoms with van der Waals surface area (Å²) in [7, 11) is 1.71. The number of hydrogen-bond acceptors (Lipinski definition) is 5. The van der Waals surface area contributed by atoms with Gasteiger partial charge in [0.05, 0.1) is 38.0 Å². The molecule has 0 N–H and O–H groups in total. The van der Waals surface area contributed by atoms with Gasteiger partial charge in [-0.15, -0.1) is 0 Å². The van der Waals surface area contributed by atoms with E-state index in [0.29, 0.717) is 26.4 Å². The van der Waals surface area contributed by atoms with Crippen molar-refractivity contribution in [2.45, 2.75) is 105 Å². The van der Waals surface area contributed by atoms with Gasteiger partial charge in [-0.1, -0.05) is 79.1 Å². The first-order chi connectivity index (χ1) is 22.1. The summed E-state index contributed by atoms with van der Waals surface area (Å²) in [5, 5.41) is 6.64. The maximum Gasteiger partial charge on any atom is 0.161 e. The van der Waals surface area contributed by atoms with Crippen LogP contribution in [-0.4, -0.2) is 33.5 Å². The van der Waals surface area contributed by atoms with Crippen LogP contribution in [0.15, 0.2) is 40.9 Å². The highest BCUT2D eigenvalue weighted by Crippen LogP contribution is 2.46. The second-order valence-electron chi connectivity index (χ2n) is 11.9. The van der Waals surface area contributed by atoms with E-state index in [1.54, 1.807) is 7.11 Å². The molecule has 0 aliphatic rings. The smallest absolute Gasteiger partial charge is 0.161 e. The second-order valence-corrected chi connectivity index (χ2v) is 12.8. The Balaban J connectivity index is 1.95. The molecular formula is C39H53BrO5. The van der Waals surface area contributed by atoms with Crippen molar-refractivity contribution in [1.29, 1.82) is 0 Å². The van der Waals surface area contributed by atoms with Crippen LogP contribution in [0.2, 0.25) is 0 Å². The number of ether oxygens (including phenoxy) is 5. The normalized spacial score (nSPS) is 11.4. The van der Waals surface area contributed by atoms with Crippen molar-refractivity contribution in [2.24, 2.45) is 0 Å². The molecule has 5 nitrogen and oxygen atoms in total. The predicted molar refractivity (Wildman–Crippen MR) is 193 cm³/mol. The number of hydrogen-bond donors (Lipinski definition) is 0. The SMILES string of the molecule is CCCCCOc1cc2c3cc(Br)c(OC)cc3c3cc(OCCCCC)c(OCCCCC)cc3c2cc1OCCCCC. The molecule has 4 aromatic carbocycles. The van der Waals surface area contributed by atoms with Crippen LogP contribution >= 0.6 is 15.9 Å². The third kappa shape index (κ3) is 9.12. The number of halogens is 1. The Bertz CT molecular complexity index is 1520. The predicted octanol–water partition coefficient (Wildman–Crippen LogP) is 12.2. The fourth-order valence-electron chi connectivity index (χ4n) is 5.75. The maximum absolute atomic E-state index is 6.44. The molecule has 0 heterocycles. The summed E-state index contributed by atoms with van der Waals surface area (Å²) in [6.45, 7) is 11.5. The van der Waals surface area contributed by atoms with Crippen LogP contribution in [0.1, 0.15) is 105 Å². The van der Waals surface area contributed by atoms with E-state index < -0.39 is 0 Å². The van der Waals surface area contributed by atoms with Crippen LogP contribution in [0.5, 0.6) is 28.7 Å². The second kappa shape index (κ2) is 18.3. The van der Waals surface area contributed by atoms with E-state index in [9.17, 15) is 0 Å². The summed E-state index contributed by atoms with van der Waals surface area (Å²) in [4.78, 5) is 0. The van der Waals surface area contributed by atoms with Gasteiger partial charge in [0.25, 0.3) is 0 Å². The van der Waals surface area contributed by atoms with E-state index >= 15 is 0 Å². The molecule has 0 fully saturated rings. The molecule has 0 atom stereocenters. The highest BCUT2D eigenvalue weighted by atomic mass is 79.9. The van der Waals surface area contributed by atoms with Gasteiger partial charge in [0.2, 0.25) is 0 Å². The van der Waals surface area contributed by atoms with Crippen molar-refractivity contribution < 1.29 is 23.7 Å². The Kier molecular flexibility index (Phi) is 14.3. The molecule has 0 aliphatic heterocycles. The number of fused-ring (bicyclic) bond motifs is 6. The van der Waals surface area contributed by atoms with Gasteiger partial charge in [-0.05, 0) is 110 Å². The average Bonchev–Trinajstić information content (AvgIpc) is 3.05. The van der Waals surface area contributed by atoms with Crippen molar-refractivity contribution in [3.8, 4) is 28.7 Å². The first kappa shape index (κ1) is 35.0. The third-order valence-corrected chi connectivity index (χ3v) is 8.97. The van der Waals surface area contributed by atoms with Gasteiger partial charge in [-0.25, -0.2) is 0 Å². The van der Waals surface area contributed by atoms with E-state index in [0.717, 1.165) is 143 Å². The first-order valence-electron chi connectivity index (χ1n) is 17.3. The van der Waals surface area contributed by atoms with Gasteiger partial charge in [0.1, 0.15) is 5.75 Å². The molecule has 0 saturated heterocycles. The van der Waals surface area contributed by atoms with E-state index in [4.69, 9.17) is 23.7 Å². The van der Waals surface area contributed by atoms with Gasteiger partial charge < -0.3 is 23.7 Å². The van der Waals surface area contributed by atoms with Crippen LogP contribution in [0.4, 0.5) is 0 Å². The van der Waals surface area contributed by atoms with Crippen LogP contribution in [-0.2, 0) is 0 Å². The van der Waals surface area contributed by atoms with E-state index in [-0.39, 0.29) is 0 Å². The number of benzene rings is 4. The molecule has 0 radical (unpaired) electrons. The lowest BCUT2D eigenvalue weighted by Crippen LogP contribution is -2.04. The molecule has 246 valence electrons. The Morgan fingerprint density at radius 1 is 0.400 bits per heavy atom. The molecule has 6 heteroatoms. The van der Waals surface area contributed by atoms with Crippen LogP contribution in [0.3, 0.4) is 0 Å². The standard InChI is InChI=1S/C39H53BrO5/c1-6-10-14-18-42-36-24-30-28-22-34(40)35(41-5)23-29(28)31-25-37(43-19-15-11-7-2)39(45-21-17-13-9-4)27-33(31)32(30)26-38(36)44-20-16-12-8-3/h22-27H,6-21H2,1-5H3. The largest absolute Gasteiger partial charge is 0.496 e. The summed E-state index contributed by atoms with van der Waals surface area (Å²) in [6, 6.07) is 13.0. The van der Waals surface area contributed by atoms with E-state index in [2.05, 4.69) is 80.0 Å². The van der Waals surface area contributed by atoms with E-state index in [1.165, 1.54) is 0 Å². The molecule has 4 rings (SSSR count). The van der Waals surface area contributed by atoms with Crippen LogP contribution < -0.4 is 23.7 Å². The number of rotatable bonds is 21. The van der Waals surface area contributed by atoms with Crippen LogP contribution in [0.25, 0.3) is 32.3 Å². The fraction of sp³-hybridized carbons (Fsp3) is 0.538. The van der Waals surface area contributed by atoms with Crippen molar-refractivity contribution in [2.75, 3.05) is 33.5 Å². The van der Waals surface area contributed by atoms with Crippen molar-refractivity contribution in [1.82, 2.24) is 0 Å². The molecule has 0 spiro atoms. The monoisotopic (exact) mass is 680 g/mol. The lowest BCUT2D eigenvalue weighted by Gasteiger charge is -2.20. The molecule has 0 unspecified atom stereocenters. The maximum atomic E-state index is 6.44. The fourth-order valence-corrected chi connectivity index (χ4v) is 6.26. The Labute approximate surface area is 279 Å². The Hall–Kier alpha value is -2.86. The quantitative estimate of drug-likeness (QED) is 0.0647. The zero-order valence-corrected chi connectivity index (χ0v) is 29.8. The molecule has 4 aromatic rings. The summed E-state index contributed by atoms with van der Waals surface area (Å²) >= 11 is 3.76. The average molecular weight is 682 g/mol. The van der Waals surface area contributed by atoms with E-state index in [1.807, 2.05) is 0 Å². The summed E-state index contributed by atoms with van der Waals surface area (Å²) in [5.41, 5.74) is 0. The molecular weight excluding hydrogens is 628 g/mol. The van der Waals surface area contributed by atoms with Gasteiger partial charge in [0.15, 0.2) is 23.0 Å². The van der Waals surface area contributed by atoms with Crippen molar-refractivity contribution in [3.05, 3.63) is 40.9 Å². The van der Waals surface area contributed by atoms with Gasteiger partial charge in [0, 0.05) is 0 Å². The zero-order valence-electron chi connectivity index (χ0n) is 28.2. The van der Waals surface area contributed by atoms with Crippen molar-refractivity contribution in [3.63, 3.8) is 0 Å². The number of methoxy groups -OCH3 is 1. The highest BCUT2D eigenvalue weighted by Gasteiger charge is 2.19. The molecule has 0 aliphatic carbocycles. The minimum atomic E-state index is 0.665. The van der Waals surface area contributed by atoms with Gasteiger partial charge in [-0.3, -0.25) is 0 Å². The molecule has 0 saturated carbocycles. The Morgan fingerprint density at radius 3 is 0.933 bits per heavy atom. The lowest BCUT2D eigenvalue weighted by molar-refractivity contribution is 0.260. The van der Waals surface area contributed by atoms with Gasteiger partial charge in [-0.2, -0.15) is 0 Å². The minimum Gasteiger partial charge on any atom is -0.496 e.